The van der Waals surface area contributed by atoms with Crippen molar-refractivity contribution in [1.82, 2.24) is 5.32 Å². The summed E-state index contributed by atoms with van der Waals surface area (Å²) in [6, 6.07) is 1.64. The standard InChI is InChI=1S/C11H14ClFN2O3S/c1-2-3-4-15-11(16)8-5-7(19(14,17)18)6-9(13)10(8)12/h5-6H,2-4H2,1H3,(H,15,16)(H2,14,17,18). The van der Waals surface area contributed by atoms with Crippen molar-refractivity contribution in [3.8, 4) is 0 Å². The molecule has 0 aromatic heterocycles. The zero-order chi connectivity index (χ0) is 14.6. The van der Waals surface area contributed by atoms with Crippen LogP contribution < -0.4 is 10.5 Å². The van der Waals surface area contributed by atoms with Crippen molar-refractivity contribution >= 4 is 27.5 Å². The summed E-state index contributed by atoms with van der Waals surface area (Å²) in [6.45, 7) is 2.34. The number of primary sulfonamides is 1. The molecule has 1 aromatic carbocycles. The predicted octanol–water partition coefficient (Wildman–Crippen LogP) is 1.66. The van der Waals surface area contributed by atoms with Gasteiger partial charge in [0.15, 0.2) is 0 Å². The molecule has 3 N–H and O–H groups in total. The third-order valence-corrected chi connectivity index (χ3v) is 3.67. The summed E-state index contributed by atoms with van der Waals surface area (Å²) in [5.41, 5.74) is -0.248. The van der Waals surface area contributed by atoms with Crippen LogP contribution in [0.15, 0.2) is 17.0 Å². The van der Waals surface area contributed by atoms with Crippen molar-refractivity contribution in [3.63, 3.8) is 0 Å². The molecule has 0 aliphatic heterocycles. The average Bonchev–Trinajstić information content (AvgIpc) is 2.31. The summed E-state index contributed by atoms with van der Waals surface area (Å²) >= 11 is 5.65. The van der Waals surface area contributed by atoms with E-state index in [9.17, 15) is 17.6 Å². The van der Waals surface area contributed by atoms with Gasteiger partial charge in [0.1, 0.15) is 5.82 Å². The lowest BCUT2D eigenvalue weighted by molar-refractivity contribution is 0.0952. The van der Waals surface area contributed by atoms with Gasteiger partial charge >= 0.3 is 0 Å². The lowest BCUT2D eigenvalue weighted by atomic mass is 10.2. The Labute approximate surface area is 116 Å². The summed E-state index contributed by atoms with van der Waals surface area (Å²) in [5, 5.41) is 6.99. The Kier molecular flexibility index (Phi) is 5.28. The van der Waals surface area contributed by atoms with Gasteiger partial charge in [-0.15, -0.1) is 0 Å². The molecule has 1 aromatic rings. The van der Waals surface area contributed by atoms with Crippen molar-refractivity contribution in [3.05, 3.63) is 28.5 Å². The molecule has 8 heteroatoms. The van der Waals surface area contributed by atoms with Gasteiger partial charge in [-0.05, 0) is 18.6 Å². The Balaban J connectivity index is 3.13. The quantitative estimate of drug-likeness (QED) is 0.811. The molecule has 0 heterocycles. The fraction of sp³-hybridized carbons (Fsp3) is 0.364. The van der Waals surface area contributed by atoms with Gasteiger partial charge in [-0.1, -0.05) is 24.9 Å². The summed E-state index contributed by atoms with van der Waals surface area (Å²) in [5.74, 6) is -1.64. The molecule has 0 fully saturated rings. The van der Waals surface area contributed by atoms with E-state index in [0.717, 1.165) is 18.9 Å². The van der Waals surface area contributed by atoms with Crippen molar-refractivity contribution < 1.29 is 17.6 Å². The number of nitrogens with two attached hydrogens (primary N) is 1. The molecule has 0 aliphatic carbocycles. The molecule has 0 aliphatic rings. The zero-order valence-corrected chi connectivity index (χ0v) is 11.8. The van der Waals surface area contributed by atoms with Crippen LogP contribution in [-0.2, 0) is 10.0 Å². The smallest absolute Gasteiger partial charge is 0.252 e. The number of hydrogen-bond donors (Lipinski definition) is 2. The maximum atomic E-state index is 13.5. The normalized spacial score (nSPS) is 11.4. The van der Waals surface area contributed by atoms with Gasteiger partial charge in [0, 0.05) is 6.54 Å². The van der Waals surface area contributed by atoms with E-state index < -0.39 is 31.7 Å². The highest BCUT2D eigenvalue weighted by molar-refractivity contribution is 7.89. The van der Waals surface area contributed by atoms with Gasteiger partial charge in [0.05, 0.1) is 15.5 Å². The van der Waals surface area contributed by atoms with E-state index in [-0.39, 0.29) is 5.56 Å². The highest BCUT2D eigenvalue weighted by atomic mass is 35.5. The number of sulfonamides is 1. The van der Waals surface area contributed by atoms with E-state index in [2.05, 4.69) is 5.32 Å². The molecule has 0 saturated carbocycles. The van der Waals surface area contributed by atoms with Crippen LogP contribution in [0.3, 0.4) is 0 Å². The van der Waals surface area contributed by atoms with Crippen LogP contribution in [0.1, 0.15) is 30.1 Å². The van der Waals surface area contributed by atoms with Crippen LogP contribution in [0, 0.1) is 5.82 Å². The fourth-order valence-corrected chi connectivity index (χ4v) is 2.11. The van der Waals surface area contributed by atoms with Crippen LogP contribution in [0.4, 0.5) is 4.39 Å². The molecule has 19 heavy (non-hydrogen) atoms. The molecule has 0 unspecified atom stereocenters. The Hall–Kier alpha value is -1.18. The van der Waals surface area contributed by atoms with Crippen LogP contribution >= 0.6 is 11.6 Å². The third kappa shape index (κ3) is 4.15. The minimum absolute atomic E-state index is 0.248. The summed E-state index contributed by atoms with van der Waals surface area (Å²) < 4.78 is 35.8. The highest BCUT2D eigenvalue weighted by Gasteiger charge is 2.19. The molecule has 1 rings (SSSR count). The number of unbranched alkanes of at least 4 members (excludes halogenated alkanes) is 1. The predicted molar refractivity (Wildman–Crippen MR) is 70.0 cm³/mol. The van der Waals surface area contributed by atoms with E-state index >= 15 is 0 Å². The van der Waals surface area contributed by atoms with Gasteiger partial charge in [0.2, 0.25) is 10.0 Å². The second-order valence-electron chi connectivity index (χ2n) is 3.92. The Bertz CT molecular complexity index is 590. The molecule has 5 nitrogen and oxygen atoms in total. The molecular weight excluding hydrogens is 295 g/mol. The first-order chi connectivity index (χ1) is 8.77. The Morgan fingerprint density at radius 3 is 2.63 bits per heavy atom. The number of hydrogen-bond acceptors (Lipinski definition) is 3. The minimum Gasteiger partial charge on any atom is -0.352 e. The summed E-state index contributed by atoms with van der Waals surface area (Å²) in [7, 11) is -4.10. The lowest BCUT2D eigenvalue weighted by Crippen LogP contribution is -2.25. The topological polar surface area (TPSA) is 89.3 Å². The van der Waals surface area contributed by atoms with E-state index in [1.54, 1.807) is 0 Å². The Morgan fingerprint density at radius 1 is 1.47 bits per heavy atom. The maximum Gasteiger partial charge on any atom is 0.252 e. The maximum absolute atomic E-state index is 13.5. The van der Waals surface area contributed by atoms with Gasteiger partial charge < -0.3 is 5.32 Å². The molecule has 1 amide bonds. The molecule has 0 bridgehead atoms. The molecule has 0 spiro atoms. The summed E-state index contributed by atoms with van der Waals surface area (Å²) in [4.78, 5) is 11.3. The number of carbonyl (C=O) groups excluding carboxylic acids is 1. The van der Waals surface area contributed by atoms with E-state index in [4.69, 9.17) is 16.7 Å². The van der Waals surface area contributed by atoms with E-state index in [0.29, 0.717) is 12.6 Å². The van der Waals surface area contributed by atoms with Crippen molar-refractivity contribution in [2.24, 2.45) is 5.14 Å². The number of benzene rings is 1. The number of halogens is 2. The molecule has 0 saturated heterocycles. The van der Waals surface area contributed by atoms with Crippen LogP contribution in [0.5, 0.6) is 0 Å². The molecule has 0 radical (unpaired) electrons. The van der Waals surface area contributed by atoms with Crippen molar-refractivity contribution in [2.75, 3.05) is 6.54 Å². The third-order valence-electron chi connectivity index (χ3n) is 2.39. The molecular formula is C11H14ClFN2O3S. The first-order valence-corrected chi connectivity index (χ1v) is 7.49. The van der Waals surface area contributed by atoms with Gasteiger partial charge in [-0.2, -0.15) is 0 Å². The highest BCUT2D eigenvalue weighted by Crippen LogP contribution is 2.23. The Morgan fingerprint density at radius 2 is 2.11 bits per heavy atom. The molecule has 0 atom stereocenters. The molecule has 106 valence electrons. The largest absolute Gasteiger partial charge is 0.352 e. The van der Waals surface area contributed by atoms with Gasteiger partial charge in [-0.25, -0.2) is 17.9 Å². The number of rotatable bonds is 5. The second kappa shape index (κ2) is 6.31. The van der Waals surface area contributed by atoms with Crippen molar-refractivity contribution in [1.29, 1.82) is 0 Å². The summed E-state index contributed by atoms with van der Waals surface area (Å²) in [6.07, 6.45) is 1.63. The zero-order valence-electron chi connectivity index (χ0n) is 10.2. The fourth-order valence-electron chi connectivity index (χ4n) is 1.37. The number of nitrogens with one attached hydrogen (secondary N) is 1. The first-order valence-electron chi connectivity index (χ1n) is 5.57. The monoisotopic (exact) mass is 308 g/mol. The van der Waals surface area contributed by atoms with Crippen molar-refractivity contribution in [2.45, 2.75) is 24.7 Å². The number of amides is 1. The second-order valence-corrected chi connectivity index (χ2v) is 5.86. The first kappa shape index (κ1) is 15.9. The van der Waals surface area contributed by atoms with Crippen LogP contribution in [0.2, 0.25) is 5.02 Å². The lowest BCUT2D eigenvalue weighted by Gasteiger charge is -2.08. The minimum atomic E-state index is -4.10. The van der Waals surface area contributed by atoms with Crippen LogP contribution in [0.25, 0.3) is 0 Å². The average molecular weight is 309 g/mol. The van der Waals surface area contributed by atoms with Gasteiger partial charge in [0.25, 0.3) is 5.91 Å². The van der Waals surface area contributed by atoms with E-state index in [1.807, 2.05) is 6.92 Å². The SMILES string of the molecule is CCCCNC(=O)c1cc(S(N)(=O)=O)cc(F)c1Cl. The van der Waals surface area contributed by atoms with Gasteiger partial charge in [-0.3, -0.25) is 4.79 Å². The van der Waals surface area contributed by atoms with E-state index in [1.165, 1.54) is 0 Å². The van der Waals surface area contributed by atoms with Crippen LogP contribution in [-0.4, -0.2) is 20.9 Å². The number of carbonyl (C=O) groups is 1.